The number of hydrogen-bond acceptors (Lipinski definition) is 2. The number of rotatable bonds is 0. The molecule has 0 aromatic heterocycles. The summed E-state index contributed by atoms with van der Waals surface area (Å²) < 4.78 is 0. The van der Waals surface area contributed by atoms with Crippen molar-refractivity contribution in [1.29, 1.82) is 0 Å². The molecule has 44 valence electrons. The topological polar surface area (TPSA) is 23.5 Å². The van der Waals surface area contributed by atoms with E-state index >= 15 is 0 Å². The molecule has 0 bridgehead atoms. The first-order chi connectivity index (χ1) is 3.89. The van der Waals surface area contributed by atoms with Crippen LogP contribution in [0.5, 0.6) is 0 Å². The second kappa shape index (κ2) is 2.64. The molecule has 0 amide bonds. The van der Waals surface area contributed by atoms with Crippen LogP contribution in [-0.4, -0.2) is 23.4 Å². The highest BCUT2D eigenvalue weighted by Crippen LogP contribution is 1.89. The number of nitrogens with zero attached hydrogens (tertiary/aromatic N) is 1. The molecule has 0 aliphatic carbocycles. The minimum absolute atomic E-state index is 0.632. The molecule has 1 N–H and O–H groups in total. The van der Waals surface area contributed by atoms with E-state index in [4.69, 9.17) is 5.21 Å². The van der Waals surface area contributed by atoms with Crippen molar-refractivity contribution < 1.29 is 5.21 Å². The van der Waals surface area contributed by atoms with Gasteiger partial charge in [0.25, 0.3) is 0 Å². The van der Waals surface area contributed by atoms with Gasteiger partial charge in [-0.2, -0.15) is 5.06 Å². The Labute approximate surface area is 48.7 Å². The van der Waals surface area contributed by atoms with Crippen molar-refractivity contribution in [3.8, 4) is 0 Å². The molecule has 0 aromatic carbocycles. The van der Waals surface area contributed by atoms with Gasteiger partial charge in [-0.15, -0.1) is 0 Å². The van der Waals surface area contributed by atoms with Crippen LogP contribution in [0.4, 0.5) is 0 Å². The van der Waals surface area contributed by atoms with Crippen molar-refractivity contribution in [2.75, 3.05) is 13.1 Å². The van der Waals surface area contributed by atoms with E-state index in [9.17, 15) is 0 Å². The molecule has 0 saturated carbocycles. The van der Waals surface area contributed by atoms with Crippen molar-refractivity contribution in [1.82, 2.24) is 5.06 Å². The molecule has 1 aliphatic heterocycles. The summed E-state index contributed by atoms with van der Waals surface area (Å²) in [5.41, 5.74) is 0. The van der Waals surface area contributed by atoms with E-state index < -0.39 is 0 Å². The lowest BCUT2D eigenvalue weighted by atomic mass is 10.5. The summed E-state index contributed by atoms with van der Waals surface area (Å²) >= 11 is 0. The van der Waals surface area contributed by atoms with Gasteiger partial charge < -0.3 is 5.21 Å². The largest absolute Gasteiger partial charge is 0.313 e. The fraction of sp³-hybridized carbons (Fsp3) is 0.333. The van der Waals surface area contributed by atoms with Gasteiger partial charge in [-0.25, -0.2) is 0 Å². The van der Waals surface area contributed by atoms with Gasteiger partial charge in [0.15, 0.2) is 0 Å². The van der Waals surface area contributed by atoms with Crippen molar-refractivity contribution in [2.45, 2.75) is 0 Å². The zero-order chi connectivity index (χ0) is 5.82. The summed E-state index contributed by atoms with van der Waals surface area (Å²) in [7, 11) is 0. The number of hydrogen-bond donors (Lipinski definition) is 1. The van der Waals surface area contributed by atoms with Gasteiger partial charge in [-0.1, -0.05) is 24.3 Å². The van der Waals surface area contributed by atoms with E-state index in [-0.39, 0.29) is 0 Å². The van der Waals surface area contributed by atoms with Gasteiger partial charge in [0, 0.05) is 13.1 Å². The Hall–Kier alpha value is -0.600. The Bertz CT molecular complexity index is 104. The number of hydroxylamine groups is 2. The minimum atomic E-state index is 0.632. The van der Waals surface area contributed by atoms with Crippen LogP contribution >= 0.6 is 0 Å². The third kappa shape index (κ3) is 1.48. The molecule has 8 heavy (non-hydrogen) atoms. The lowest BCUT2D eigenvalue weighted by Gasteiger charge is -2.05. The minimum Gasteiger partial charge on any atom is -0.313 e. The summed E-state index contributed by atoms with van der Waals surface area (Å²) in [6, 6.07) is 0. The fourth-order valence-corrected chi connectivity index (χ4v) is 0.597. The lowest BCUT2D eigenvalue weighted by Crippen LogP contribution is -2.17. The Morgan fingerprint density at radius 2 is 1.62 bits per heavy atom. The van der Waals surface area contributed by atoms with E-state index in [1.807, 2.05) is 24.3 Å². The molecule has 0 fully saturated rings. The van der Waals surface area contributed by atoms with Crippen molar-refractivity contribution in [2.24, 2.45) is 0 Å². The molecule has 0 unspecified atom stereocenters. The molecule has 0 atom stereocenters. The Morgan fingerprint density at radius 1 is 1.12 bits per heavy atom. The summed E-state index contributed by atoms with van der Waals surface area (Å²) in [6.07, 6.45) is 7.67. The highest BCUT2D eigenvalue weighted by Gasteiger charge is 1.93. The summed E-state index contributed by atoms with van der Waals surface area (Å²) in [5.74, 6) is 0. The Kier molecular flexibility index (Phi) is 1.83. The molecular formula is C6H9NO. The molecular weight excluding hydrogens is 102 g/mol. The summed E-state index contributed by atoms with van der Waals surface area (Å²) in [6.45, 7) is 1.26. The van der Waals surface area contributed by atoms with Gasteiger partial charge >= 0.3 is 0 Å². The maximum Gasteiger partial charge on any atom is 0.0425 e. The smallest absolute Gasteiger partial charge is 0.0425 e. The third-order valence-electron chi connectivity index (χ3n) is 1.02. The van der Waals surface area contributed by atoms with E-state index in [1.165, 1.54) is 5.06 Å². The van der Waals surface area contributed by atoms with Gasteiger partial charge in [0.05, 0.1) is 0 Å². The van der Waals surface area contributed by atoms with Crippen LogP contribution in [0.25, 0.3) is 0 Å². The molecule has 0 aromatic rings. The van der Waals surface area contributed by atoms with E-state index in [0.29, 0.717) is 13.1 Å². The predicted molar refractivity (Wildman–Crippen MR) is 31.6 cm³/mol. The van der Waals surface area contributed by atoms with E-state index in [2.05, 4.69) is 0 Å². The highest BCUT2D eigenvalue weighted by molar-refractivity contribution is 5.06. The van der Waals surface area contributed by atoms with Crippen LogP contribution < -0.4 is 0 Å². The van der Waals surface area contributed by atoms with Gasteiger partial charge in [0.2, 0.25) is 0 Å². The monoisotopic (exact) mass is 111 g/mol. The maximum atomic E-state index is 8.82. The van der Waals surface area contributed by atoms with Crippen molar-refractivity contribution >= 4 is 0 Å². The standard InChI is InChI=1S/C6H9NO/c8-7-5-3-1-2-4-6-7/h1-4,8H,5-6H2. The maximum absolute atomic E-state index is 8.82. The fourth-order valence-electron chi connectivity index (χ4n) is 0.597. The predicted octanol–water partition coefficient (Wildman–Crippen LogP) is 0.804. The average molecular weight is 111 g/mol. The third-order valence-corrected chi connectivity index (χ3v) is 1.02. The zero-order valence-corrected chi connectivity index (χ0v) is 4.62. The summed E-state index contributed by atoms with van der Waals surface area (Å²) in [5, 5.41) is 10.1. The second-order valence-electron chi connectivity index (χ2n) is 1.73. The molecule has 2 heteroatoms. The number of allylic oxidation sites excluding steroid dienone is 2. The molecule has 0 radical (unpaired) electrons. The van der Waals surface area contributed by atoms with Crippen molar-refractivity contribution in [3.05, 3.63) is 24.3 Å². The van der Waals surface area contributed by atoms with Gasteiger partial charge in [-0.05, 0) is 0 Å². The molecule has 1 aliphatic rings. The van der Waals surface area contributed by atoms with E-state index in [1.54, 1.807) is 0 Å². The first-order valence-electron chi connectivity index (χ1n) is 2.65. The van der Waals surface area contributed by atoms with Crippen molar-refractivity contribution in [3.63, 3.8) is 0 Å². The molecule has 1 rings (SSSR count). The Balaban J connectivity index is 2.45. The van der Waals surface area contributed by atoms with Crippen LogP contribution in [0.2, 0.25) is 0 Å². The average Bonchev–Trinajstić information content (AvgIpc) is 1.94. The zero-order valence-electron chi connectivity index (χ0n) is 4.62. The second-order valence-corrected chi connectivity index (χ2v) is 1.73. The van der Waals surface area contributed by atoms with Gasteiger partial charge in [-0.3, -0.25) is 0 Å². The Morgan fingerprint density at radius 3 is 2.12 bits per heavy atom. The van der Waals surface area contributed by atoms with Crippen LogP contribution in [-0.2, 0) is 0 Å². The van der Waals surface area contributed by atoms with Crippen LogP contribution in [0.1, 0.15) is 0 Å². The van der Waals surface area contributed by atoms with Gasteiger partial charge in [0.1, 0.15) is 0 Å². The summed E-state index contributed by atoms with van der Waals surface area (Å²) in [4.78, 5) is 0. The molecule has 1 heterocycles. The molecule has 0 spiro atoms. The quantitative estimate of drug-likeness (QED) is 0.500. The van der Waals surface area contributed by atoms with Crippen LogP contribution in [0.3, 0.4) is 0 Å². The molecule has 0 saturated heterocycles. The van der Waals surface area contributed by atoms with Crippen LogP contribution in [0, 0.1) is 0 Å². The first kappa shape index (κ1) is 5.54. The van der Waals surface area contributed by atoms with E-state index in [0.717, 1.165) is 0 Å². The lowest BCUT2D eigenvalue weighted by molar-refractivity contribution is -0.0688. The highest BCUT2D eigenvalue weighted by atomic mass is 16.5. The SMILES string of the molecule is ON1CC=CC=CC1. The van der Waals surface area contributed by atoms with Crippen LogP contribution in [0.15, 0.2) is 24.3 Å². The normalized spacial score (nSPS) is 21.1. The first-order valence-corrected chi connectivity index (χ1v) is 2.65. The molecule has 2 nitrogen and oxygen atoms in total.